The molecule has 0 aliphatic heterocycles. The van der Waals surface area contributed by atoms with E-state index in [0.29, 0.717) is 11.3 Å². The molecule has 0 saturated heterocycles. The van der Waals surface area contributed by atoms with Gasteiger partial charge in [0.2, 0.25) is 0 Å². The molecule has 0 radical (unpaired) electrons. The normalized spacial score (nSPS) is 11.6. The first-order valence-electron chi connectivity index (χ1n) is 4.86. The molecule has 1 atom stereocenters. The van der Waals surface area contributed by atoms with Crippen molar-refractivity contribution in [1.29, 1.82) is 5.26 Å². The second-order valence-electron chi connectivity index (χ2n) is 3.65. The Morgan fingerprint density at radius 1 is 1.44 bits per heavy atom. The highest BCUT2D eigenvalue weighted by molar-refractivity contribution is 5.72. The van der Waals surface area contributed by atoms with E-state index in [1.807, 2.05) is 6.07 Å². The number of ether oxygens (including phenoxy) is 1. The van der Waals surface area contributed by atoms with Crippen LogP contribution in [-0.2, 0) is 4.79 Å². The highest BCUT2D eigenvalue weighted by atomic mass is 16.5. The summed E-state index contributed by atoms with van der Waals surface area (Å²) < 4.78 is 5.33. The van der Waals surface area contributed by atoms with Crippen molar-refractivity contribution in [2.75, 3.05) is 0 Å². The summed E-state index contributed by atoms with van der Waals surface area (Å²) >= 11 is 0. The minimum absolute atomic E-state index is 0.536. The van der Waals surface area contributed by atoms with E-state index in [9.17, 15) is 4.79 Å². The lowest BCUT2D eigenvalue weighted by Crippen LogP contribution is -2.23. The van der Waals surface area contributed by atoms with Gasteiger partial charge in [-0.15, -0.1) is 0 Å². The molecule has 0 saturated carbocycles. The first-order valence-corrected chi connectivity index (χ1v) is 4.86. The minimum atomic E-state index is -1.01. The Labute approximate surface area is 94.1 Å². The Morgan fingerprint density at radius 3 is 2.31 bits per heavy atom. The second kappa shape index (κ2) is 4.67. The average Bonchev–Trinajstić information content (AvgIpc) is 2.22. The Bertz CT molecular complexity index is 437. The second-order valence-corrected chi connectivity index (χ2v) is 3.65. The zero-order valence-electron chi connectivity index (χ0n) is 9.44. The van der Waals surface area contributed by atoms with Crippen LogP contribution in [0.3, 0.4) is 0 Å². The van der Waals surface area contributed by atoms with Gasteiger partial charge in [0.05, 0.1) is 11.6 Å². The van der Waals surface area contributed by atoms with E-state index in [4.69, 9.17) is 15.1 Å². The molecular weight excluding hydrogens is 206 g/mol. The van der Waals surface area contributed by atoms with Crippen LogP contribution in [0.5, 0.6) is 5.75 Å². The molecule has 1 aromatic rings. The molecule has 0 unspecified atom stereocenters. The fourth-order valence-corrected chi connectivity index (χ4v) is 1.43. The number of rotatable bonds is 3. The maximum Gasteiger partial charge on any atom is 0.344 e. The molecule has 16 heavy (non-hydrogen) atoms. The van der Waals surface area contributed by atoms with Crippen molar-refractivity contribution in [3.63, 3.8) is 0 Å². The highest BCUT2D eigenvalue weighted by Gasteiger charge is 2.15. The predicted molar refractivity (Wildman–Crippen MR) is 58.4 cm³/mol. The van der Waals surface area contributed by atoms with E-state index < -0.39 is 12.1 Å². The van der Waals surface area contributed by atoms with E-state index >= 15 is 0 Å². The summed E-state index contributed by atoms with van der Waals surface area (Å²) in [6.45, 7) is 5.05. The maximum atomic E-state index is 10.7. The summed E-state index contributed by atoms with van der Waals surface area (Å²) in [6.07, 6.45) is -0.898. The van der Waals surface area contributed by atoms with Gasteiger partial charge >= 0.3 is 5.97 Å². The lowest BCUT2D eigenvalue weighted by atomic mass is 10.1. The van der Waals surface area contributed by atoms with Crippen molar-refractivity contribution < 1.29 is 14.6 Å². The summed E-state index contributed by atoms with van der Waals surface area (Å²) in [4.78, 5) is 10.7. The molecule has 0 spiro atoms. The van der Waals surface area contributed by atoms with Crippen LogP contribution in [0.4, 0.5) is 0 Å². The Balaban J connectivity index is 3.07. The third-order valence-electron chi connectivity index (χ3n) is 2.23. The van der Waals surface area contributed by atoms with E-state index in [1.54, 1.807) is 26.0 Å². The number of hydrogen-bond donors (Lipinski definition) is 1. The Kier molecular flexibility index (Phi) is 3.51. The van der Waals surface area contributed by atoms with E-state index in [1.165, 1.54) is 6.92 Å². The molecular formula is C12H13NO3. The zero-order valence-corrected chi connectivity index (χ0v) is 9.44. The molecule has 0 fully saturated rings. The van der Waals surface area contributed by atoms with Crippen molar-refractivity contribution in [3.05, 3.63) is 28.8 Å². The topological polar surface area (TPSA) is 70.3 Å². The number of carboxylic acids is 1. The molecule has 0 aromatic heterocycles. The SMILES string of the molecule is Cc1cc(C#N)cc(C)c1O[C@@H](C)C(=O)O. The average molecular weight is 219 g/mol. The molecule has 0 aliphatic carbocycles. The highest BCUT2D eigenvalue weighted by Crippen LogP contribution is 2.25. The van der Waals surface area contributed by atoms with Gasteiger partial charge in [0.1, 0.15) is 5.75 Å². The van der Waals surface area contributed by atoms with E-state index in [2.05, 4.69) is 0 Å². The van der Waals surface area contributed by atoms with Gasteiger partial charge < -0.3 is 9.84 Å². The molecule has 0 bridgehead atoms. The maximum absolute atomic E-state index is 10.7. The molecule has 0 heterocycles. The molecule has 1 rings (SSSR count). The van der Waals surface area contributed by atoms with Crippen LogP contribution in [0.2, 0.25) is 0 Å². The van der Waals surface area contributed by atoms with Crippen LogP contribution in [0.15, 0.2) is 12.1 Å². The van der Waals surface area contributed by atoms with Gasteiger partial charge in [-0.3, -0.25) is 0 Å². The lowest BCUT2D eigenvalue weighted by molar-refractivity contribution is -0.144. The number of benzene rings is 1. The standard InChI is InChI=1S/C12H13NO3/c1-7-4-10(6-13)5-8(2)11(7)16-9(3)12(14)15/h4-5,9H,1-3H3,(H,14,15)/t9-/m0/s1. The molecule has 84 valence electrons. The monoisotopic (exact) mass is 219 g/mol. The van der Waals surface area contributed by atoms with Gasteiger partial charge in [-0.25, -0.2) is 4.79 Å². The Hall–Kier alpha value is -2.02. The largest absolute Gasteiger partial charge is 0.479 e. The van der Waals surface area contributed by atoms with Gasteiger partial charge in [-0.05, 0) is 44.0 Å². The molecule has 1 N–H and O–H groups in total. The molecule has 1 aromatic carbocycles. The van der Waals surface area contributed by atoms with Crippen molar-refractivity contribution in [3.8, 4) is 11.8 Å². The third-order valence-corrected chi connectivity index (χ3v) is 2.23. The van der Waals surface area contributed by atoms with Crippen molar-refractivity contribution in [2.24, 2.45) is 0 Å². The lowest BCUT2D eigenvalue weighted by Gasteiger charge is -2.15. The molecule has 4 nitrogen and oxygen atoms in total. The van der Waals surface area contributed by atoms with Crippen LogP contribution < -0.4 is 4.74 Å². The summed E-state index contributed by atoms with van der Waals surface area (Å²) in [5, 5.41) is 17.5. The van der Waals surface area contributed by atoms with Gasteiger partial charge in [-0.1, -0.05) is 0 Å². The van der Waals surface area contributed by atoms with Crippen LogP contribution >= 0.6 is 0 Å². The minimum Gasteiger partial charge on any atom is -0.479 e. The number of aliphatic carboxylic acids is 1. The smallest absolute Gasteiger partial charge is 0.344 e. The van der Waals surface area contributed by atoms with Crippen LogP contribution in [0.25, 0.3) is 0 Å². The fourth-order valence-electron chi connectivity index (χ4n) is 1.43. The van der Waals surface area contributed by atoms with Gasteiger partial charge in [0, 0.05) is 0 Å². The molecule has 4 heteroatoms. The summed E-state index contributed by atoms with van der Waals surface area (Å²) in [5.74, 6) is -0.475. The third kappa shape index (κ3) is 2.51. The number of carbonyl (C=O) groups is 1. The number of aryl methyl sites for hydroxylation is 2. The predicted octanol–water partition coefficient (Wildman–Crippen LogP) is 2.03. The quantitative estimate of drug-likeness (QED) is 0.844. The Morgan fingerprint density at radius 2 is 1.94 bits per heavy atom. The van der Waals surface area contributed by atoms with Crippen molar-refractivity contribution in [1.82, 2.24) is 0 Å². The van der Waals surface area contributed by atoms with Crippen molar-refractivity contribution >= 4 is 5.97 Å². The first kappa shape index (κ1) is 12.1. The van der Waals surface area contributed by atoms with Gasteiger partial charge in [0.15, 0.2) is 6.10 Å². The summed E-state index contributed by atoms with van der Waals surface area (Å²) in [7, 11) is 0. The zero-order chi connectivity index (χ0) is 12.3. The first-order chi connectivity index (χ1) is 7.45. The van der Waals surface area contributed by atoms with Crippen LogP contribution in [-0.4, -0.2) is 17.2 Å². The number of nitrogens with zero attached hydrogens (tertiary/aromatic N) is 1. The number of nitriles is 1. The summed E-state index contributed by atoms with van der Waals surface area (Å²) in [6, 6.07) is 5.40. The fraction of sp³-hybridized carbons (Fsp3) is 0.333. The van der Waals surface area contributed by atoms with Crippen LogP contribution in [0.1, 0.15) is 23.6 Å². The van der Waals surface area contributed by atoms with Gasteiger partial charge in [0.25, 0.3) is 0 Å². The van der Waals surface area contributed by atoms with E-state index in [-0.39, 0.29) is 0 Å². The molecule has 0 amide bonds. The number of carboxylic acid groups (broad SMARTS) is 1. The summed E-state index contributed by atoms with van der Waals surface area (Å²) in [5.41, 5.74) is 2.08. The van der Waals surface area contributed by atoms with Gasteiger partial charge in [-0.2, -0.15) is 5.26 Å². The number of hydrogen-bond acceptors (Lipinski definition) is 3. The molecule has 0 aliphatic rings. The van der Waals surface area contributed by atoms with E-state index in [0.717, 1.165) is 11.1 Å². The van der Waals surface area contributed by atoms with Crippen LogP contribution in [0, 0.1) is 25.2 Å². The van der Waals surface area contributed by atoms with Crippen molar-refractivity contribution in [2.45, 2.75) is 26.9 Å².